The summed E-state index contributed by atoms with van der Waals surface area (Å²) in [5, 5.41) is 3.14. The fraction of sp³-hybridized carbons (Fsp3) is 0.909. The van der Waals surface area contributed by atoms with Gasteiger partial charge in [0.2, 0.25) is 5.96 Å². The van der Waals surface area contributed by atoms with Gasteiger partial charge < -0.3 is 10.1 Å². The van der Waals surface area contributed by atoms with Crippen molar-refractivity contribution in [2.24, 2.45) is 10.8 Å². The topological polar surface area (TPSA) is 71.7 Å². The van der Waals surface area contributed by atoms with Gasteiger partial charge in [-0.05, 0) is 27.2 Å². The lowest BCUT2D eigenvalue weighted by Crippen LogP contribution is -2.43. The normalized spacial score (nSPS) is 12.7. The van der Waals surface area contributed by atoms with Crippen LogP contribution in [-0.4, -0.2) is 31.3 Å². The van der Waals surface area contributed by atoms with Crippen molar-refractivity contribution in [1.82, 2.24) is 10.7 Å². The van der Waals surface area contributed by atoms with Gasteiger partial charge in [0.05, 0.1) is 12.1 Å². The monoisotopic (exact) mass is 230 g/mol. The lowest BCUT2D eigenvalue weighted by atomic mass is 10.1. The molecule has 96 valence electrons. The zero-order valence-electron chi connectivity index (χ0n) is 11.0. The maximum Gasteiger partial charge on any atom is 0.205 e. The summed E-state index contributed by atoms with van der Waals surface area (Å²) in [6.07, 6.45) is 2.25. The predicted octanol–water partition coefficient (Wildman–Crippen LogP) is 1.01. The van der Waals surface area contributed by atoms with E-state index < -0.39 is 0 Å². The number of hydrogen-bond acceptors (Lipinski definition) is 3. The van der Waals surface area contributed by atoms with Crippen LogP contribution >= 0.6 is 0 Å². The van der Waals surface area contributed by atoms with E-state index in [0.717, 1.165) is 19.4 Å². The van der Waals surface area contributed by atoms with E-state index in [4.69, 9.17) is 10.6 Å². The molecule has 0 saturated carbocycles. The Kier molecular flexibility index (Phi) is 7.93. The van der Waals surface area contributed by atoms with Crippen molar-refractivity contribution < 1.29 is 4.74 Å². The first-order valence-corrected chi connectivity index (χ1v) is 5.94. The molecule has 0 rings (SSSR count). The van der Waals surface area contributed by atoms with Crippen molar-refractivity contribution in [3.63, 3.8) is 0 Å². The van der Waals surface area contributed by atoms with E-state index in [1.807, 2.05) is 20.8 Å². The van der Waals surface area contributed by atoms with Crippen LogP contribution in [0, 0.1) is 0 Å². The number of nitrogens with two attached hydrogens (primary N) is 1. The molecule has 0 aromatic rings. The van der Waals surface area contributed by atoms with Crippen molar-refractivity contribution in [2.45, 2.75) is 46.1 Å². The van der Waals surface area contributed by atoms with Crippen molar-refractivity contribution in [1.29, 1.82) is 0 Å². The molecule has 0 radical (unpaired) electrons. The number of rotatable bonds is 7. The second-order valence-corrected chi connectivity index (χ2v) is 4.28. The SMILES string of the molecule is CCCCNC(=NCC(C)(C)OCC)NN. The molecule has 0 amide bonds. The highest BCUT2D eigenvalue weighted by Gasteiger charge is 2.16. The molecule has 0 unspecified atom stereocenters. The average molecular weight is 230 g/mol. The van der Waals surface area contributed by atoms with E-state index in [-0.39, 0.29) is 5.60 Å². The summed E-state index contributed by atoms with van der Waals surface area (Å²) in [6, 6.07) is 0. The third-order valence-corrected chi connectivity index (χ3v) is 2.11. The highest BCUT2D eigenvalue weighted by Crippen LogP contribution is 2.08. The van der Waals surface area contributed by atoms with Gasteiger partial charge in [0.15, 0.2) is 0 Å². The molecule has 0 atom stereocenters. The van der Waals surface area contributed by atoms with Gasteiger partial charge in [0, 0.05) is 13.2 Å². The number of hydrogen-bond donors (Lipinski definition) is 3. The van der Waals surface area contributed by atoms with Gasteiger partial charge in [-0.1, -0.05) is 13.3 Å². The van der Waals surface area contributed by atoms with Crippen LogP contribution in [0.25, 0.3) is 0 Å². The van der Waals surface area contributed by atoms with E-state index >= 15 is 0 Å². The molecule has 0 aliphatic rings. The number of nitrogens with zero attached hydrogens (tertiary/aromatic N) is 1. The van der Waals surface area contributed by atoms with Crippen molar-refractivity contribution in [3.05, 3.63) is 0 Å². The Morgan fingerprint density at radius 1 is 1.38 bits per heavy atom. The molecule has 0 aromatic carbocycles. The largest absolute Gasteiger partial charge is 0.374 e. The molecule has 0 aromatic heterocycles. The lowest BCUT2D eigenvalue weighted by Gasteiger charge is -2.22. The fourth-order valence-electron chi connectivity index (χ4n) is 1.24. The first kappa shape index (κ1) is 15.2. The van der Waals surface area contributed by atoms with Crippen molar-refractivity contribution in [2.75, 3.05) is 19.7 Å². The summed E-state index contributed by atoms with van der Waals surface area (Å²) >= 11 is 0. The maximum atomic E-state index is 5.55. The van der Waals surface area contributed by atoms with Crippen LogP contribution < -0.4 is 16.6 Å². The summed E-state index contributed by atoms with van der Waals surface area (Å²) in [5.74, 6) is 6.00. The van der Waals surface area contributed by atoms with Crippen molar-refractivity contribution in [3.8, 4) is 0 Å². The Balaban J connectivity index is 4.04. The summed E-state index contributed by atoms with van der Waals surface area (Å²) < 4.78 is 5.55. The smallest absolute Gasteiger partial charge is 0.205 e. The first-order valence-electron chi connectivity index (χ1n) is 5.94. The Hall–Kier alpha value is -0.810. The van der Waals surface area contributed by atoms with Crippen LogP contribution in [0.5, 0.6) is 0 Å². The summed E-state index contributed by atoms with van der Waals surface area (Å²) in [7, 11) is 0. The molecule has 0 fully saturated rings. The van der Waals surface area contributed by atoms with Crippen LogP contribution in [0.15, 0.2) is 4.99 Å². The molecule has 0 aliphatic carbocycles. The summed E-state index contributed by atoms with van der Waals surface area (Å²) in [5.41, 5.74) is 2.31. The van der Waals surface area contributed by atoms with Crippen LogP contribution in [0.3, 0.4) is 0 Å². The molecule has 0 spiro atoms. The molecule has 4 N–H and O–H groups in total. The number of hydrazine groups is 1. The Labute approximate surface area is 98.8 Å². The van der Waals surface area contributed by atoms with Crippen LogP contribution in [0.1, 0.15) is 40.5 Å². The number of aliphatic imine (C=N–C) groups is 1. The fourth-order valence-corrected chi connectivity index (χ4v) is 1.24. The predicted molar refractivity (Wildman–Crippen MR) is 68.2 cm³/mol. The van der Waals surface area contributed by atoms with Gasteiger partial charge in [-0.15, -0.1) is 0 Å². The molecular weight excluding hydrogens is 204 g/mol. The number of ether oxygens (including phenoxy) is 1. The highest BCUT2D eigenvalue weighted by molar-refractivity contribution is 5.79. The third kappa shape index (κ3) is 7.48. The van der Waals surface area contributed by atoms with Crippen LogP contribution in [0.4, 0.5) is 0 Å². The zero-order chi connectivity index (χ0) is 12.4. The van der Waals surface area contributed by atoms with Crippen LogP contribution in [-0.2, 0) is 4.74 Å². The van der Waals surface area contributed by atoms with E-state index in [2.05, 4.69) is 22.7 Å². The van der Waals surface area contributed by atoms with Gasteiger partial charge in [-0.25, -0.2) is 10.8 Å². The first-order chi connectivity index (χ1) is 7.55. The molecule has 0 saturated heterocycles. The van der Waals surface area contributed by atoms with Gasteiger partial charge in [0.1, 0.15) is 0 Å². The van der Waals surface area contributed by atoms with Crippen molar-refractivity contribution >= 4 is 5.96 Å². The molecule has 16 heavy (non-hydrogen) atoms. The second-order valence-electron chi connectivity index (χ2n) is 4.28. The molecule has 5 heteroatoms. The minimum absolute atomic E-state index is 0.247. The minimum Gasteiger partial charge on any atom is -0.374 e. The maximum absolute atomic E-state index is 5.55. The minimum atomic E-state index is -0.247. The van der Waals surface area contributed by atoms with E-state index in [1.165, 1.54) is 0 Å². The summed E-state index contributed by atoms with van der Waals surface area (Å²) in [6.45, 7) is 10.3. The molecule has 5 nitrogen and oxygen atoms in total. The number of guanidine groups is 1. The van der Waals surface area contributed by atoms with Gasteiger partial charge in [0.25, 0.3) is 0 Å². The molecule has 0 aliphatic heterocycles. The zero-order valence-corrected chi connectivity index (χ0v) is 11.0. The number of nitrogens with one attached hydrogen (secondary N) is 2. The molecule has 0 bridgehead atoms. The van der Waals surface area contributed by atoms with Gasteiger partial charge in [-0.2, -0.15) is 0 Å². The Morgan fingerprint density at radius 2 is 2.06 bits per heavy atom. The third-order valence-electron chi connectivity index (χ3n) is 2.11. The van der Waals surface area contributed by atoms with E-state index in [9.17, 15) is 0 Å². The second kappa shape index (κ2) is 8.35. The van der Waals surface area contributed by atoms with Crippen LogP contribution in [0.2, 0.25) is 0 Å². The van der Waals surface area contributed by atoms with Gasteiger partial charge in [-0.3, -0.25) is 5.43 Å². The summed E-state index contributed by atoms with van der Waals surface area (Å²) in [4.78, 5) is 4.35. The Morgan fingerprint density at radius 3 is 2.56 bits per heavy atom. The quantitative estimate of drug-likeness (QED) is 0.201. The Bertz CT molecular complexity index is 204. The number of unbranched alkanes of at least 4 members (excludes halogenated alkanes) is 1. The standard InChI is InChI=1S/C11H26N4O/c1-5-7-8-13-10(15-12)14-9-11(3,4)16-6-2/h5-9,12H2,1-4H3,(H2,13,14,15). The molecular formula is C11H26N4O. The highest BCUT2D eigenvalue weighted by atomic mass is 16.5. The molecule has 0 heterocycles. The van der Waals surface area contributed by atoms with E-state index in [0.29, 0.717) is 19.1 Å². The van der Waals surface area contributed by atoms with Gasteiger partial charge >= 0.3 is 0 Å². The average Bonchev–Trinajstić information content (AvgIpc) is 2.23. The van der Waals surface area contributed by atoms with E-state index in [1.54, 1.807) is 0 Å². The lowest BCUT2D eigenvalue weighted by molar-refractivity contribution is -0.00219.